The van der Waals surface area contributed by atoms with Gasteiger partial charge in [-0.05, 0) is 66.2 Å². The number of unbranched alkanes of at least 4 members (excludes halogenated alkanes) is 1. The normalized spacial score (nSPS) is 21.4. The average Bonchev–Trinajstić information content (AvgIpc) is 2.70. The number of nitrogens with zero attached hydrogens (tertiary/aromatic N) is 3. The van der Waals surface area contributed by atoms with E-state index in [2.05, 4.69) is 30.0 Å². The summed E-state index contributed by atoms with van der Waals surface area (Å²) in [5, 5.41) is 8.95. The Morgan fingerprint density at radius 3 is 2.67 bits per heavy atom. The van der Waals surface area contributed by atoms with Gasteiger partial charge in [0.05, 0.1) is 11.5 Å². The molecule has 3 nitrogen and oxygen atoms in total. The Bertz CT molecular complexity index is 280. The minimum atomic E-state index is -0.146. The van der Waals surface area contributed by atoms with Crippen LogP contribution in [0.3, 0.4) is 0 Å². The van der Waals surface area contributed by atoms with E-state index >= 15 is 0 Å². The minimum absolute atomic E-state index is 0.146. The molecule has 0 aromatic carbocycles. The Morgan fingerprint density at radius 2 is 2.11 bits per heavy atom. The molecule has 0 bridgehead atoms. The van der Waals surface area contributed by atoms with Gasteiger partial charge in [0.2, 0.25) is 0 Å². The Morgan fingerprint density at radius 1 is 1.39 bits per heavy atom. The van der Waals surface area contributed by atoms with Gasteiger partial charge in [0.25, 0.3) is 0 Å². The second-order valence-electron chi connectivity index (χ2n) is 6.63. The van der Waals surface area contributed by atoms with Gasteiger partial charge < -0.3 is 9.80 Å². The second-order valence-corrected chi connectivity index (χ2v) is 6.63. The molecule has 18 heavy (non-hydrogen) atoms. The van der Waals surface area contributed by atoms with Crippen molar-refractivity contribution in [3.63, 3.8) is 0 Å². The Kier molecular flexibility index (Phi) is 6.11. The van der Waals surface area contributed by atoms with Gasteiger partial charge in [-0.2, -0.15) is 5.26 Å². The monoisotopic (exact) mass is 251 g/mol. The van der Waals surface area contributed by atoms with Gasteiger partial charge in [0, 0.05) is 13.1 Å². The molecule has 1 unspecified atom stereocenters. The second kappa shape index (κ2) is 7.11. The molecule has 0 spiro atoms. The lowest BCUT2D eigenvalue weighted by Gasteiger charge is -2.21. The van der Waals surface area contributed by atoms with Crippen molar-refractivity contribution in [3.05, 3.63) is 0 Å². The molecule has 1 aliphatic heterocycles. The average molecular weight is 251 g/mol. The standard InChI is InChI=1S/C15H29N3/c1-15(2,13-16)8-5-6-9-17(3)11-14-7-10-18(4)12-14/h14H,5-12H2,1-4H3. The molecular weight excluding hydrogens is 222 g/mol. The van der Waals surface area contributed by atoms with Crippen LogP contribution < -0.4 is 0 Å². The Balaban J connectivity index is 2.07. The van der Waals surface area contributed by atoms with Crippen molar-refractivity contribution in [2.24, 2.45) is 11.3 Å². The fourth-order valence-electron chi connectivity index (χ4n) is 2.71. The summed E-state index contributed by atoms with van der Waals surface area (Å²) in [5.41, 5.74) is -0.146. The summed E-state index contributed by atoms with van der Waals surface area (Å²) in [6, 6.07) is 2.37. The fourth-order valence-corrected chi connectivity index (χ4v) is 2.71. The van der Waals surface area contributed by atoms with Crippen LogP contribution in [0, 0.1) is 22.7 Å². The lowest BCUT2D eigenvalue weighted by Crippen LogP contribution is -2.28. The molecule has 3 heteroatoms. The van der Waals surface area contributed by atoms with E-state index in [-0.39, 0.29) is 5.41 Å². The van der Waals surface area contributed by atoms with Crippen molar-refractivity contribution >= 4 is 0 Å². The van der Waals surface area contributed by atoms with Crippen LogP contribution in [0.4, 0.5) is 0 Å². The van der Waals surface area contributed by atoms with Gasteiger partial charge in [-0.25, -0.2) is 0 Å². The summed E-state index contributed by atoms with van der Waals surface area (Å²) in [4.78, 5) is 4.89. The number of likely N-dealkylation sites (tertiary alicyclic amines) is 1. The first kappa shape index (κ1) is 15.5. The highest BCUT2D eigenvalue weighted by molar-refractivity contribution is 4.91. The molecule has 0 aliphatic carbocycles. The minimum Gasteiger partial charge on any atom is -0.306 e. The topological polar surface area (TPSA) is 30.3 Å². The lowest BCUT2D eigenvalue weighted by atomic mass is 9.89. The molecule has 104 valence electrons. The molecule has 1 heterocycles. The largest absolute Gasteiger partial charge is 0.306 e. The van der Waals surface area contributed by atoms with E-state index < -0.39 is 0 Å². The van der Waals surface area contributed by atoms with Crippen molar-refractivity contribution in [1.29, 1.82) is 5.26 Å². The molecule has 0 saturated carbocycles. The first-order valence-corrected chi connectivity index (χ1v) is 7.21. The fraction of sp³-hybridized carbons (Fsp3) is 0.933. The van der Waals surface area contributed by atoms with Gasteiger partial charge in [-0.15, -0.1) is 0 Å². The molecule has 0 aromatic rings. The Labute approximate surface area is 113 Å². The highest BCUT2D eigenvalue weighted by Gasteiger charge is 2.20. The summed E-state index contributed by atoms with van der Waals surface area (Å²) in [5.74, 6) is 0.857. The van der Waals surface area contributed by atoms with E-state index in [0.29, 0.717) is 0 Å². The summed E-state index contributed by atoms with van der Waals surface area (Å²) in [7, 11) is 4.44. The predicted octanol–water partition coefficient (Wildman–Crippen LogP) is 2.59. The number of nitriles is 1. The molecule has 0 amide bonds. The number of hydrogen-bond donors (Lipinski definition) is 0. The lowest BCUT2D eigenvalue weighted by molar-refractivity contribution is 0.264. The number of hydrogen-bond acceptors (Lipinski definition) is 3. The van der Waals surface area contributed by atoms with Gasteiger partial charge in [-0.3, -0.25) is 0 Å². The molecule has 1 saturated heterocycles. The van der Waals surface area contributed by atoms with Crippen LogP contribution in [0.2, 0.25) is 0 Å². The third kappa shape index (κ3) is 5.84. The first-order valence-electron chi connectivity index (χ1n) is 7.21. The molecule has 1 aliphatic rings. The highest BCUT2D eigenvalue weighted by atomic mass is 15.1. The quantitative estimate of drug-likeness (QED) is 0.652. The van der Waals surface area contributed by atoms with Gasteiger partial charge >= 0.3 is 0 Å². The van der Waals surface area contributed by atoms with Crippen molar-refractivity contribution in [2.45, 2.75) is 39.5 Å². The van der Waals surface area contributed by atoms with Crippen LogP contribution in [-0.4, -0.2) is 50.1 Å². The molecule has 1 atom stereocenters. The van der Waals surface area contributed by atoms with Gasteiger partial charge in [-0.1, -0.05) is 6.42 Å². The molecule has 0 radical (unpaired) electrons. The summed E-state index contributed by atoms with van der Waals surface area (Å²) in [6.45, 7) is 8.98. The SMILES string of the molecule is CN(CCCCC(C)(C)C#N)CC1CCN(C)C1. The third-order valence-electron chi connectivity index (χ3n) is 3.95. The maximum Gasteiger partial charge on any atom is 0.0683 e. The third-order valence-corrected chi connectivity index (χ3v) is 3.95. The zero-order valence-electron chi connectivity index (χ0n) is 12.6. The molecule has 0 aromatic heterocycles. The Hall–Kier alpha value is -0.590. The first-order chi connectivity index (χ1) is 8.43. The summed E-state index contributed by atoms with van der Waals surface area (Å²) >= 11 is 0. The summed E-state index contributed by atoms with van der Waals surface area (Å²) in [6.07, 6.45) is 4.74. The van der Waals surface area contributed by atoms with Crippen molar-refractivity contribution in [2.75, 3.05) is 40.3 Å². The van der Waals surface area contributed by atoms with Crippen molar-refractivity contribution < 1.29 is 0 Å². The number of rotatable bonds is 7. The predicted molar refractivity (Wildman–Crippen MR) is 76.3 cm³/mol. The van der Waals surface area contributed by atoms with E-state index in [1.54, 1.807) is 0 Å². The van der Waals surface area contributed by atoms with Crippen LogP contribution >= 0.6 is 0 Å². The molecule has 1 fully saturated rings. The van der Waals surface area contributed by atoms with Crippen molar-refractivity contribution in [3.8, 4) is 6.07 Å². The maximum absolute atomic E-state index is 8.95. The van der Waals surface area contributed by atoms with Crippen LogP contribution in [0.5, 0.6) is 0 Å². The highest BCUT2D eigenvalue weighted by Crippen LogP contribution is 2.22. The van der Waals surface area contributed by atoms with E-state index in [1.165, 1.54) is 39.0 Å². The van der Waals surface area contributed by atoms with Gasteiger partial charge in [0.1, 0.15) is 0 Å². The van der Waals surface area contributed by atoms with Crippen LogP contribution in [-0.2, 0) is 0 Å². The van der Waals surface area contributed by atoms with E-state index in [1.807, 2.05) is 13.8 Å². The smallest absolute Gasteiger partial charge is 0.0683 e. The van der Waals surface area contributed by atoms with Crippen LogP contribution in [0.15, 0.2) is 0 Å². The van der Waals surface area contributed by atoms with Gasteiger partial charge in [0.15, 0.2) is 0 Å². The van der Waals surface area contributed by atoms with Crippen molar-refractivity contribution in [1.82, 2.24) is 9.80 Å². The molecular formula is C15H29N3. The molecule has 0 N–H and O–H groups in total. The van der Waals surface area contributed by atoms with Crippen LogP contribution in [0.25, 0.3) is 0 Å². The van der Waals surface area contributed by atoms with Crippen LogP contribution in [0.1, 0.15) is 39.5 Å². The van der Waals surface area contributed by atoms with E-state index in [9.17, 15) is 0 Å². The zero-order chi connectivity index (χ0) is 13.6. The summed E-state index contributed by atoms with van der Waals surface area (Å²) < 4.78 is 0. The maximum atomic E-state index is 8.95. The molecule has 1 rings (SSSR count). The van der Waals surface area contributed by atoms with E-state index in [4.69, 9.17) is 5.26 Å². The van der Waals surface area contributed by atoms with E-state index in [0.717, 1.165) is 18.8 Å². The zero-order valence-corrected chi connectivity index (χ0v) is 12.6.